The van der Waals surface area contributed by atoms with Gasteiger partial charge in [0.05, 0.1) is 16.7 Å². The number of hydrogen-bond acceptors (Lipinski definition) is 4. The Kier molecular flexibility index (Phi) is 11.2. The largest absolute Gasteiger partial charge is 0.509 e. The summed E-state index contributed by atoms with van der Waals surface area (Å²) in [6.45, 7) is 11.1. The molecule has 0 atom stereocenters. The van der Waals surface area contributed by atoms with Crippen molar-refractivity contribution in [3.05, 3.63) is 255 Å². The number of nitrogens with zero attached hydrogens (tertiary/aromatic N) is 5. The minimum atomic E-state index is -0.101. The third-order valence-electron chi connectivity index (χ3n) is 15.7. The summed E-state index contributed by atoms with van der Waals surface area (Å²) >= 11 is 0. The van der Waals surface area contributed by atoms with Crippen LogP contribution in [0.5, 0.6) is 11.5 Å². The third-order valence-corrected chi connectivity index (χ3v) is 15.7. The zero-order valence-corrected chi connectivity index (χ0v) is 45.7. The van der Waals surface area contributed by atoms with Gasteiger partial charge in [0.1, 0.15) is 5.82 Å². The van der Waals surface area contributed by atoms with Crippen LogP contribution in [0.1, 0.15) is 31.9 Å². The summed E-state index contributed by atoms with van der Waals surface area (Å²) in [6.07, 6.45) is 1.94. The molecule has 5 heterocycles. The van der Waals surface area contributed by atoms with Crippen molar-refractivity contribution >= 4 is 66.4 Å². The summed E-state index contributed by atoms with van der Waals surface area (Å²) in [5.41, 5.74) is 21.2. The molecule has 78 heavy (non-hydrogen) atoms. The first-order valence-corrected chi connectivity index (χ1v) is 26.4. The van der Waals surface area contributed by atoms with Crippen molar-refractivity contribution in [1.82, 2.24) is 14.1 Å². The average molecular weight is 1180 g/mol. The molecule has 378 valence electrons. The Morgan fingerprint density at radius 1 is 0.487 bits per heavy atom. The fourth-order valence-corrected chi connectivity index (χ4v) is 12.2. The molecule has 2 aliphatic rings. The Morgan fingerprint density at radius 2 is 1.14 bits per heavy atom. The number of benzene rings is 10. The second kappa shape index (κ2) is 18.4. The van der Waals surface area contributed by atoms with Gasteiger partial charge in [0, 0.05) is 94.4 Å². The summed E-state index contributed by atoms with van der Waals surface area (Å²) in [5.74, 6) is 1.98. The first kappa shape index (κ1) is 47.5. The van der Waals surface area contributed by atoms with Crippen LogP contribution in [0.25, 0.3) is 99.6 Å². The molecule has 0 bridgehead atoms. The molecule has 2 aliphatic heterocycles. The second-order valence-corrected chi connectivity index (χ2v) is 21.3. The van der Waals surface area contributed by atoms with Crippen LogP contribution in [0.3, 0.4) is 0 Å². The molecule has 0 radical (unpaired) electrons. The molecule has 13 aromatic rings. The van der Waals surface area contributed by atoms with E-state index in [1.165, 1.54) is 49.6 Å². The van der Waals surface area contributed by atoms with E-state index in [-0.39, 0.29) is 26.5 Å². The van der Waals surface area contributed by atoms with Crippen LogP contribution >= 0.6 is 0 Å². The van der Waals surface area contributed by atoms with Gasteiger partial charge in [-0.2, -0.15) is 12.1 Å². The molecule has 0 aliphatic carbocycles. The van der Waals surface area contributed by atoms with Gasteiger partial charge in [-0.05, 0) is 87.5 Å². The number of pyridine rings is 1. The number of para-hydroxylation sites is 4. The number of fused-ring (bicyclic) bond motifs is 13. The van der Waals surface area contributed by atoms with Crippen LogP contribution in [-0.2, 0) is 26.5 Å². The van der Waals surface area contributed by atoms with E-state index in [1.54, 1.807) is 0 Å². The Labute approximate surface area is 468 Å². The monoisotopic (exact) mass is 1180 g/mol. The number of rotatable bonds is 7. The van der Waals surface area contributed by atoms with E-state index in [9.17, 15) is 0 Å². The van der Waals surface area contributed by atoms with Gasteiger partial charge >= 0.3 is 0 Å². The van der Waals surface area contributed by atoms with Crippen molar-refractivity contribution < 1.29 is 25.8 Å². The third kappa shape index (κ3) is 7.38. The molecule has 7 heteroatoms. The van der Waals surface area contributed by atoms with Gasteiger partial charge < -0.3 is 23.7 Å². The van der Waals surface area contributed by atoms with E-state index in [4.69, 9.17) is 9.72 Å². The predicted molar refractivity (Wildman–Crippen MR) is 317 cm³/mol. The van der Waals surface area contributed by atoms with Crippen molar-refractivity contribution in [2.24, 2.45) is 0 Å². The van der Waals surface area contributed by atoms with Crippen molar-refractivity contribution in [3.63, 3.8) is 0 Å². The maximum absolute atomic E-state index is 6.93. The van der Waals surface area contributed by atoms with Crippen molar-refractivity contribution in [2.45, 2.75) is 33.1 Å². The topological polar surface area (TPSA) is 38.5 Å². The van der Waals surface area contributed by atoms with Gasteiger partial charge in [0.2, 0.25) is 0 Å². The van der Waals surface area contributed by atoms with E-state index >= 15 is 0 Å². The molecule has 0 unspecified atom stereocenters. The molecular formula is C71H50N5OPt-3. The number of ether oxygens (including phenoxy) is 1. The molecule has 0 saturated carbocycles. The normalized spacial score (nSPS) is 12.7. The number of hydrogen-bond donors (Lipinski definition) is 0. The molecule has 0 saturated heterocycles. The summed E-state index contributed by atoms with van der Waals surface area (Å²) in [6, 6.07) is 85.8. The van der Waals surface area contributed by atoms with Crippen LogP contribution in [0.4, 0.5) is 22.7 Å². The second-order valence-electron chi connectivity index (χ2n) is 21.3. The van der Waals surface area contributed by atoms with Gasteiger partial charge in [-0.25, -0.2) is 4.98 Å². The van der Waals surface area contributed by atoms with Gasteiger partial charge in [-0.1, -0.05) is 178 Å². The Morgan fingerprint density at radius 3 is 1.92 bits per heavy atom. The molecule has 0 N–H and O–H groups in total. The van der Waals surface area contributed by atoms with E-state index in [2.05, 4.69) is 272 Å². The average Bonchev–Trinajstić information content (AvgIpc) is 4.18. The zero-order chi connectivity index (χ0) is 51.5. The number of anilines is 4. The van der Waals surface area contributed by atoms with Crippen LogP contribution in [0.2, 0.25) is 0 Å². The first-order chi connectivity index (χ1) is 37.8. The van der Waals surface area contributed by atoms with E-state index in [1.807, 2.05) is 18.3 Å². The standard InChI is InChI=1S/C71H50N5O.Pt/c1-45-19-15-34-63-68(45)74(69-52(46-20-7-5-8-21-46)29-17-30-53(69)47-22-9-6-10-23-47)44-73(63)49-24-16-25-50(42-49)77-51-35-36-59-64(43-51)75(65-41-48(39-40-72-65)71(2,3)4)61-37-38-62-66(67(59)61)56-28-12-11-26-54(56)57-31-18-32-58-55-27-13-14-33-60(55)76(62)70(57)58;/h5-41,44H,1-4H3;/q-3;. The molecule has 6 nitrogen and oxygen atoms in total. The Hall–Kier alpha value is -8.96. The minimum absolute atomic E-state index is 0. The fourth-order valence-electron chi connectivity index (χ4n) is 12.2. The van der Waals surface area contributed by atoms with Crippen LogP contribution < -0.4 is 14.5 Å². The maximum atomic E-state index is 6.93. The van der Waals surface area contributed by atoms with E-state index < -0.39 is 0 Å². The summed E-state index contributed by atoms with van der Waals surface area (Å²) in [7, 11) is 0. The van der Waals surface area contributed by atoms with E-state index in [0.717, 1.165) is 83.9 Å². The first-order valence-electron chi connectivity index (χ1n) is 26.4. The van der Waals surface area contributed by atoms with Crippen LogP contribution in [0, 0.1) is 25.7 Å². The van der Waals surface area contributed by atoms with Gasteiger partial charge in [0.25, 0.3) is 0 Å². The molecule has 0 spiro atoms. The van der Waals surface area contributed by atoms with Gasteiger partial charge in [-0.15, -0.1) is 48.1 Å². The zero-order valence-electron chi connectivity index (χ0n) is 43.4. The smallest absolute Gasteiger partial charge is 0.135 e. The minimum Gasteiger partial charge on any atom is -0.509 e. The molecule has 0 amide bonds. The van der Waals surface area contributed by atoms with Crippen molar-refractivity contribution in [1.29, 1.82) is 0 Å². The quantitative estimate of drug-likeness (QED) is 0.149. The SMILES string of the molecule is Cc1cccc2c1N(c1c(-c3ccccc3)cccc1-c1ccccc1)[CH-]N2c1[c-]c(Oc2[c-]c3c(cc2)c2c4c(ccc2n3-c2cc(C(C)(C)C)ccn2)-n2c3ccccc3c3cccc(c32)-c2ccccc2-4)ccc1.[Pt]. The van der Waals surface area contributed by atoms with Crippen molar-refractivity contribution in [2.75, 3.05) is 9.80 Å². The van der Waals surface area contributed by atoms with Crippen LogP contribution in [-0.4, -0.2) is 14.1 Å². The van der Waals surface area contributed by atoms with Crippen molar-refractivity contribution in [3.8, 4) is 67.5 Å². The molecule has 10 aromatic carbocycles. The Bertz CT molecular complexity index is 4470. The maximum Gasteiger partial charge on any atom is 0.135 e. The van der Waals surface area contributed by atoms with Crippen LogP contribution in [0.15, 0.2) is 225 Å². The molecule has 0 fully saturated rings. The van der Waals surface area contributed by atoms with Gasteiger partial charge in [-0.3, -0.25) is 0 Å². The Balaban J connectivity index is 0.00000552. The van der Waals surface area contributed by atoms with Gasteiger partial charge in [0.15, 0.2) is 0 Å². The predicted octanol–water partition coefficient (Wildman–Crippen LogP) is 18.7. The molecular weight excluding hydrogens is 1130 g/mol. The molecule has 3 aromatic heterocycles. The van der Waals surface area contributed by atoms with E-state index in [0.29, 0.717) is 11.5 Å². The molecule has 15 rings (SSSR count). The number of aromatic nitrogens is 3. The fraction of sp³-hybridized carbons (Fsp3) is 0.0704. The summed E-state index contributed by atoms with van der Waals surface area (Å²) in [4.78, 5) is 9.70. The summed E-state index contributed by atoms with van der Waals surface area (Å²) in [5, 5.41) is 4.67. The summed E-state index contributed by atoms with van der Waals surface area (Å²) < 4.78 is 11.7. The number of aryl methyl sites for hydroxylation is 1.